The number of hydrogen-bond donors (Lipinski definition) is 1. The average Bonchev–Trinajstić information content (AvgIpc) is 2.84. The maximum absolute atomic E-state index is 5.81. The molecule has 0 saturated carbocycles. The number of imidazole rings is 1. The molecule has 18 heavy (non-hydrogen) atoms. The van der Waals surface area contributed by atoms with Gasteiger partial charge in [0, 0.05) is 5.70 Å². The molecule has 0 aromatic carbocycles. The Morgan fingerprint density at radius 1 is 1.44 bits per heavy atom. The minimum absolute atomic E-state index is 0.0884. The number of hydrogen-bond acceptors (Lipinski definition) is 4. The van der Waals surface area contributed by atoms with Gasteiger partial charge >= 0.3 is 0 Å². The molecule has 2 aromatic rings. The first kappa shape index (κ1) is 11.9. The molecule has 5 nitrogen and oxygen atoms in total. The van der Waals surface area contributed by atoms with Crippen molar-refractivity contribution in [1.29, 1.82) is 0 Å². The molecular formula is C12H14IN5. The molecule has 2 N–H and O–H groups in total. The third-order valence-corrected chi connectivity index (χ3v) is 5.33. The lowest BCUT2D eigenvalue weighted by atomic mass is 9.98. The molecule has 0 radical (unpaired) electrons. The van der Waals surface area contributed by atoms with E-state index in [1.54, 1.807) is 6.33 Å². The van der Waals surface area contributed by atoms with Crippen LogP contribution in [0.15, 0.2) is 18.7 Å². The highest BCUT2D eigenvalue weighted by Gasteiger charge is 2.38. The standard InChI is InChI=1S/C12H14IN5/c1-7-3-4-8(12(7,2)13)18-6-17-9-10(14)15-5-16-11(9)18/h4-7H,3H2,1-2H3,(H2,14,15,16)/t7?,12-/m0/s1. The van der Waals surface area contributed by atoms with E-state index in [4.69, 9.17) is 5.73 Å². The number of aromatic nitrogens is 4. The normalized spacial score (nSPS) is 27.7. The monoisotopic (exact) mass is 355 g/mol. The van der Waals surface area contributed by atoms with E-state index in [0.717, 1.165) is 12.1 Å². The molecular weight excluding hydrogens is 341 g/mol. The Labute approximate surface area is 119 Å². The van der Waals surface area contributed by atoms with Gasteiger partial charge in [0.1, 0.15) is 12.7 Å². The van der Waals surface area contributed by atoms with E-state index in [2.05, 4.69) is 57.5 Å². The van der Waals surface area contributed by atoms with E-state index < -0.39 is 0 Å². The molecule has 3 rings (SSSR count). The van der Waals surface area contributed by atoms with Gasteiger partial charge in [-0.05, 0) is 19.3 Å². The van der Waals surface area contributed by atoms with E-state index in [9.17, 15) is 0 Å². The lowest BCUT2D eigenvalue weighted by Crippen LogP contribution is -2.24. The molecule has 6 heteroatoms. The van der Waals surface area contributed by atoms with E-state index in [1.165, 1.54) is 12.0 Å². The number of nitrogens with zero attached hydrogens (tertiary/aromatic N) is 4. The summed E-state index contributed by atoms with van der Waals surface area (Å²) in [5.74, 6) is 1.03. The van der Waals surface area contributed by atoms with Crippen LogP contribution in [0, 0.1) is 5.92 Å². The molecule has 94 valence electrons. The van der Waals surface area contributed by atoms with Crippen molar-refractivity contribution in [3.63, 3.8) is 0 Å². The Bertz CT molecular complexity index is 643. The quantitative estimate of drug-likeness (QED) is 0.630. The number of allylic oxidation sites excluding steroid dienone is 2. The fourth-order valence-electron chi connectivity index (χ4n) is 2.32. The molecule has 2 heterocycles. The summed E-state index contributed by atoms with van der Waals surface area (Å²) in [4.78, 5) is 12.6. The van der Waals surface area contributed by atoms with Crippen LogP contribution in [0.5, 0.6) is 0 Å². The van der Waals surface area contributed by atoms with Crippen molar-refractivity contribution >= 4 is 45.3 Å². The van der Waals surface area contributed by atoms with Gasteiger partial charge in [0.05, 0.1) is 3.42 Å². The van der Waals surface area contributed by atoms with Gasteiger partial charge in [-0.1, -0.05) is 35.6 Å². The van der Waals surface area contributed by atoms with Crippen molar-refractivity contribution in [2.24, 2.45) is 5.92 Å². The van der Waals surface area contributed by atoms with E-state index in [0.29, 0.717) is 17.3 Å². The van der Waals surface area contributed by atoms with Gasteiger partial charge in [-0.25, -0.2) is 15.0 Å². The molecule has 0 bridgehead atoms. The smallest absolute Gasteiger partial charge is 0.169 e. The minimum Gasteiger partial charge on any atom is -0.382 e. The van der Waals surface area contributed by atoms with Crippen molar-refractivity contribution < 1.29 is 0 Å². The third kappa shape index (κ3) is 1.54. The Morgan fingerprint density at radius 2 is 2.22 bits per heavy atom. The SMILES string of the molecule is CC1CC=C(n2cnc3c(N)ncnc32)[C@@]1(C)I. The van der Waals surface area contributed by atoms with Gasteiger partial charge in [0.15, 0.2) is 17.0 Å². The Morgan fingerprint density at radius 3 is 2.89 bits per heavy atom. The summed E-state index contributed by atoms with van der Waals surface area (Å²) >= 11 is 2.51. The highest BCUT2D eigenvalue weighted by Crippen LogP contribution is 2.46. The third-order valence-electron chi connectivity index (χ3n) is 3.71. The molecule has 0 aliphatic heterocycles. The Balaban J connectivity index is 2.20. The number of alkyl halides is 1. The second-order valence-electron chi connectivity index (χ2n) is 4.85. The molecule has 2 aromatic heterocycles. The molecule has 0 amide bonds. The van der Waals surface area contributed by atoms with Gasteiger partial charge in [0.25, 0.3) is 0 Å². The van der Waals surface area contributed by atoms with Gasteiger partial charge < -0.3 is 5.73 Å². The van der Waals surface area contributed by atoms with Crippen LogP contribution < -0.4 is 5.73 Å². The zero-order valence-corrected chi connectivity index (χ0v) is 12.4. The van der Waals surface area contributed by atoms with Gasteiger partial charge in [-0.3, -0.25) is 4.57 Å². The number of fused-ring (bicyclic) bond motifs is 1. The minimum atomic E-state index is 0.0884. The maximum atomic E-state index is 5.81. The van der Waals surface area contributed by atoms with Crippen LogP contribution in [0.1, 0.15) is 20.3 Å². The van der Waals surface area contributed by atoms with Gasteiger partial charge in [-0.2, -0.15) is 0 Å². The van der Waals surface area contributed by atoms with Crippen LogP contribution in [0.3, 0.4) is 0 Å². The number of halogens is 1. The lowest BCUT2D eigenvalue weighted by molar-refractivity contribution is 0.557. The van der Waals surface area contributed by atoms with Crippen LogP contribution in [0.25, 0.3) is 16.9 Å². The molecule has 0 fully saturated rings. The fraction of sp³-hybridized carbons (Fsp3) is 0.417. The summed E-state index contributed by atoms with van der Waals surface area (Å²) in [5.41, 5.74) is 8.50. The summed E-state index contributed by atoms with van der Waals surface area (Å²) in [6.07, 6.45) is 6.61. The zero-order chi connectivity index (χ0) is 12.9. The molecule has 1 aliphatic carbocycles. The number of anilines is 1. The topological polar surface area (TPSA) is 69.6 Å². The van der Waals surface area contributed by atoms with Crippen molar-refractivity contribution in [3.8, 4) is 0 Å². The Kier molecular flexibility index (Phi) is 2.58. The van der Waals surface area contributed by atoms with E-state index in [-0.39, 0.29) is 3.42 Å². The fourth-order valence-corrected chi connectivity index (χ4v) is 3.06. The van der Waals surface area contributed by atoms with Crippen molar-refractivity contribution in [1.82, 2.24) is 19.5 Å². The predicted molar refractivity (Wildman–Crippen MR) is 80.2 cm³/mol. The first-order valence-corrected chi connectivity index (χ1v) is 6.93. The highest BCUT2D eigenvalue weighted by atomic mass is 127. The average molecular weight is 355 g/mol. The molecule has 1 unspecified atom stereocenters. The zero-order valence-electron chi connectivity index (χ0n) is 10.3. The number of nitrogens with two attached hydrogens (primary N) is 1. The summed E-state index contributed by atoms with van der Waals surface area (Å²) < 4.78 is 2.12. The van der Waals surface area contributed by atoms with Crippen LogP contribution in [0.4, 0.5) is 5.82 Å². The van der Waals surface area contributed by atoms with Gasteiger partial charge in [0.2, 0.25) is 0 Å². The summed E-state index contributed by atoms with van der Waals surface area (Å²) in [7, 11) is 0. The summed E-state index contributed by atoms with van der Waals surface area (Å²) in [6.45, 7) is 4.51. The van der Waals surface area contributed by atoms with Crippen molar-refractivity contribution in [2.45, 2.75) is 23.7 Å². The second kappa shape index (κ2) is 3.91. The molecule has 0 spiro atoms. The number of nitrogen functional groups attached to an aromatic ring is 1. The molecule has 1 aliphatic rings. The van der Waals surface area contributed by atoms with Crippen LogP contribution in [0.2, 0.25) is 0 Å². The molecule has 0 saturated heterocycles. The van der Waals surface area contributed by atoms with Crippen LogP contribution in [-0.2, 0) is 0 Å². The van der Waals surface area contributed by atoms with E-state index >= 15 is 0 Å². The number of rotatable bonds is 1. The van der Waals surface area contributed by atoms with Crippen molar-refractivity contribution in [2.75, 3.05) is 5.73 Å². The Hall–Kier alpha value is -1.18. The first-order chi connectivity index (χ1) is 8.51. The largest absolute Gasteiger partial charge is 0.382 e. The first-order valence-electron chi connectivity index (χ1n) is 5.85. The molecule has 2 atom stereocenters. The summed E-state index contributed by atoms with van der Waals surface area (Å²) in [6, 6.07) is 0. The lowest BCUT2D eigenvalue weighted by Gasteiger charge is -2.26. The van der Waals surface area contributed by atoms with Crippen LogP contribution in [-0.4, -0.2) is 22.9 Å². The van der Waals surface area contributed by atoms with Crippen molar-refractivity contribution in [3.05, 3.63) is 18.7 Å². The highest BCUT2D eigenvalue weighted by molar-refractivity contribution is 14.1. The predicted octanol–water partition coefficient (Wildman–Crippen LogP) is 2.48. The van der Waals surface area contributed by atoms with E-state index in [1.807, 2.05) is 4.57 Å². The maximum Gasteiger partial charge on any atom is 0.169 e. The van der Waals surface area contributed by atoms with Crippen LogP contribution >= 0.6 is 22.6 Å². The van der Waals surface area contributed by atoms with Gasteiger partial charge in [-0.15, -0.1) is 0 Å². The summed E-state index contributed by atoms with van der Waals surface area (Å²) in [5, 5.41) is 0. The second-order valence-corrected chi connectivity index (χ2v) is 7.09.